The Hall–Kier alpha value is -7.03. The van der Waals surface area contributed by atoms with Crippen LogP contribution < -0.4 is 11.1 Å². The smallest absolute Gasteiger partial charge is 0.382 e. The number of carbonyl (C=O) groups excluding carboxylic acids is 1. The number of aromatic nitrogens is 7. The number of fused-ring (bicyclic) bond motifs is 4. The maximum Gasteiger partial charge on any atom is 0.472 e. The lowest BCUT2D eigenvalue weighted by molar-refractivity contribution is -0.729. The predicted octanol–water partition coefficient (Wildman–Crippen LogP) is 8.90. The number of rotatable bonds is 52. The van der Waals surface area contributed by atoms with Crippen LogP contribution in [0.5, 0.6) is 0 Å². The van der Waals surface area contributed by atoms with Crippen LogP contribution in [0.2, 0.25) is 0 Å². The summed E-state index contributed by atoms with van der Waals surface area (Å²) in [6, 6.07) is 16.7. The SMILES string of the molecule is CC(=O)NCCCOP(=O)(O)OC1CC(n2ccc3cc([N+](=O)O)ccc32)OC1COP(=O)(O)OC1CC(n2ccc3cc([N+](=O)O)ccc32)OC1COP(=O)(O)OC1CC(n2ccc3cc([N+](=O)O)ccc32)OC1COP(=O)(O)OC1CC(C)OC1COP(=O)(O)OC1CC(C)OC1COP(=O)(O)OC1CC(C)OC1COP(=O)(O)OC1CCOC1COP(=O)(O)OC1CC(n2cnc3c(N)ncnc32)OC1COP(=O)(O)O. The fourth-order valence-electron chi connectivity index (χ4n) is 18.1. The summed E-state index contributed by atoms with van der Waals surface area (Å²) in [4.78, 5) is 167. The average molecular weight is 2300 g/mol. The van der Waals surface area contributed by atoms with Gasteiger partial charge in [0.25, 0.3) is 14.8 Å². The molecular weight excluding hydrogens is 2190 g/mol. The zero-order valence-corrected chi connectivity index (χ0v) is 86.7. The Morgan fingerprint density at radius 2 is 0.685 bits per heavy atom. The van der Waals surface area contributed by atoms with Gasteiger partial charge in [-0.15, -0.1) is 0 Å². The molecule has 8 aliphatic rings. The number of benzene rings is 3. The molecule has 0 aliphatic carbocycles. The molecule has 3 aromatic carbocycles. The minimum absolute atomic E-state index is 0.0129. The van der Waals surface area contributed by atoms with Crippen LogP contribution in [0.25, 0.3) is 43.9 Å². The number of amides is 1. The summed E-state index contributed by atoms with van der Waals surface area (Å²) in [7, 11) is -47.4. The van der Waals surface area contributed by atoms with Gasteiger partial charge in [0.1, 0.15) is 134 Å². The van der Waals surface area contributed by atoms with Crippen molar-refractivity contribution in [1.29, 1.82) is 0 Å². The van der Waals surface area contributed by atoms with Crippen LogP contribution in [0.15, 0.2) is 104 Å². The zero-order valence-electron chi connectivity index (χ0n) is 78.6. The van der Waals surface area contributed by atoms with Gasteiger partial charge in [0, 0.05) is 143 Å². The van der Waals surface area contributed by atoms with E-state index < -0.39 is 277 Å². The number of nitrogens with two attached hydrogens (primary N) is 1. The van der Waals surface area contributed by atoms with E-state index in [0.29, 0.717) is 32.7 Å². The Bertz CT molecular complexity index is 6640. The van der Waals surface area contributed by atoms with Gasteiger partial charge in [-0.3, -0.25) is 86.3 Å². The monoisotopic (exact) mass is 2300 g/mol. The van der Waals surface area contributed by atoms with Crippen LogP contribution in [0.4, 0.5) is 22.9 Å². The second-order valence-electron chi connectivity index (χ2n) is 35.5. The van der Waals surface area contributed by atoms with Crippen molar-refractivity contribution in [2.45, 2.75) is 226 Å². The number of nitrogen functional groups attached to an aromatic ring is 1. The van der Waals surface area contributed by atoms with Crippen LogP contribution in [0.3, 0.4) is 0 Å². The molecule has 16 rings (SSSR count). The van der Waals surface area contributed by atoms with E-state index >= 15 is 0 Å². The molecule has 0 radical (unpaired) electrons. The van der Waals surface area contributed by atoms with Crippen molar-refractivity contribution in [3.05, 3.63) is 119 Å². The van der Waals surface area contributed by atoms with E-state index in [4.69, 9.17) is 116 Å². The molecule has 16 N–H and O–H groups in total. The lowest BCUT2D eigenvalue weighted by Crippen LogP contribution is -2.32. The fraction of sp³-hybridized carbons (Fsp3) is 0.610. The molecule has 0 spiro atoms. The van der Waals surface area contributed by atoms with Gasteiger partial charge in [0.2, 0.25) is 5.91 Å². The summed E-state index contributed by atoms with van der Waals surface area (Å²) in [5.74, 6) is -0.364. The van der Waals surface area contributed by atoms with E-state index in [1.807, 2.05) is 0 Å². The highest BCUT2D eigenvalue weighted by Gasteiger charge is 2.54. The molecule has 0 saturated carbocycles. The van der Waals surface area contributed by atoms with Crippen molar-refractivity contribution >= 4 is 143 Å². The Kier molecular flexibility index (Phi) is 36.2. The first kappa shape index (κ1) is 115. The lowest BCUT2D eigenvalue weighted by Gasteiger charge is -2.26. The van der Waals surface area contributed by atoms with Crippen LogP contribution in [-0.4, -0.2) is 307 Å². The number of phosphoric acid groups is 9. The third-order valence-electron chi connectivity index (χ3n) is 24.8. The van der Waals surface area contributed by atoms with Crippen molar-refractivity contribution in [2.24, 2.45) is 0 Å². The second-order valence-corrected chi connectivity index (χ2v) is 48.0. The summed E-state index contributed by atoms with van der Waals surface area (Å²) in [5, 5.41) is 32.7. The lowest BCUT2D eigenvalue weighted by atomic mass is 10.1. The third-order valence-corrected chi connectivity index (χ3v) is 33.4. The number of hydrogen-bond donors (Lipinski definition) is 15. The number of anilines is 1. The first-order chi connectivity index (χ1) is 70.1. The Labute approximate surface area is 841 Å². The Balaban J connectivity index is 0.524. The number of carbonyl (C=O) groups is 1. The molecule has 8 aliphatic heterocycles. The molecule has 8 saturated heterocycles. The molecule has 824 valence electrons. The highest BCUT2D eigenvalue weighted by atomic mass is 31.2. The third kappa shape index (κ3) is 30.1. The largest absolute Gasteiger partial charge is 0.472 e. The quantitative estimate of drug-likeness (QED) is 0.00960. The normalized spacial score (nSPS) is 31.2. The van der Waals surface area contributed by atoms with Crippen LogP contribution in [0, 0.1) is 14.7 Å². The molecule has 13 heterocycles. The number of imidazole rings is 1. The maximum atomic E-state index is 14.6. The highest BCUT2D eigenvalue weighted by molar-refractivity contribution is 7.49. The van der Waals surface area contributed by atoms with Crippen LogP contribution >= 0.6 is 70.4 Å². The highest BCUT2D eigenvalue weighted by Crippen LogP contribution is 2.60. The standard InChI is InChI=1S/C77H105N12O51P9/c1-42-22-56(64(126-42)34-120-143(102,103)133-55-15-21-116-63(55)32-119-144(104,105)140-62-31-74(132-67(62)33-118-141(97,98)99)86-41-82-75-76(78)80-40-81-77(75)86)134-145(106,107)121-35-65-57(23-43(2)127-65)135-146(108,109)122-36-66-58(24-44(3)128-66)136-147(110,111)123-38-69-60(29-72(130-69)84-18-13-47-26-50(88(93)94)7-10-53(47)84)138-149(114,115)125-39-70-61(30-73(131-70)85-19-14-48-27-51(89(95)96)8-11-54(48)85)139-148(112,113)124-37-68-59(137-142(100,101)117-20-5-16-79-45(4)90)28-71(129-68)83-17-12-46-25-49(87(91)92)6-9-52(46)83/h6-14,17-19,25-27,40-44,55-74H,5,15-16,20-24,28-39H2,1-4H3,(H13-3,78,79,80,81,90,91,92,93,94,95,96,97,98,99,100,101,102,103,104,105,106,107,108,109,110,111,112,113,114,115)/p+3. The summed E-state index contributed by atoms with van der Waals surface area (Å²) < 4.78 is 269. The van der Waals surface area contributed by atoms with E-state index in [2.05, 4.69) is 24.8 Å². The maximum absolute atomic E-state index is 14.6. The number of hydrogen-bond acceptors (Lipinski definition) is 42. The Morgan fingerprint density at radius 1 is 0.389 bits per heavy atom. The van der Waals surface area contributed by atoms with Crippen molar-refractivity contribution in [2.75, 3.05) is 78.3 Å². The van der Waals surface area contributed by atoms with Gasteiger partial charge in [0.05, 0.1) is 115 Å². The van der Waals surface area contributed by atoms with E-state index in [1.165, 1.54) is 138 Å². The Morgan fingerprint density at radius 3 is 1.01 bits per heavy atom. The molecule has 31 atom stereocenters. The van der Waals surface area contributed by atoms with Gasteiger partial charge in [-0.2, -0.15) is 0 Å². The van der Waals surface area contributed by atoms with E-state index in [9.17, 15) is 125 Å². The molecule has 63 nitrogen and oxygen atoms in total. The van der Waals surface area contributed by atoms with Crippen LogP contribution in [0.1, 0.15) is 110 Å². The van der Waals surface area contributed by atoms with Crippen LogP contribution in [-0.2, 0) is 161 Å². The van der Waals surface area contributed by atoms with Crippen molar-refractivity contribution in [3.63, 3.8) is 0 Å². The number of phosphoric ester groups is 9. The molecule has 31 unspecified atom stereocenters. The minimum Gasteiger partial charge on any atom is -0.382 e. The predicted molar refractivity (Wildman–Crippen MR) is 493 cm³/mol. The zero-order chi connectivity index (χ0) is 107. The average Bonchev–Trinajstić information content (AvgIpc) is 1.64. The van der Waals surface area contributed by atoms with Crippen molar-refractivity contribution in [3.8, 4) is 0 Å². The fourth-order valence-corrected chi connectivity index (χ4v) is 26.2. The van der Waals surface area contributed by atoms with E-state index in [1.54, 1.807) is 6.07 Å². The molecule has 72 heteroatoms. The van der Waals surface area contributed by atoms with Crippen molar-refractivity contribution in [1.82, 2.24) is 38.5 Å². The second kappa shape index (κ2) is 47.2. The molecule has 149 heavy (non-hydrogen) atoms. The topological polar surface area (TPSA) is 821 Å². The van der Waals surface area contributed by atoms with Crippen molar-refractivity contribution < 1.29 is 240 Å². The molecule has 8 aromatic rings. The first-order valence-corrected chi connectivity index (χ1v) is 59.2. The van der Waals surface area contributed by atoms with Gasteiger partial charge in [0.15, 0.2) is 11.5 Å². The molecular formula is C77H108N12O51P9+3. The molecule has 5 aromatic heterocycles. The van der Waals surface area contributed by atoms with Gasteiger partial charge < -0.3 is 112 Å². The molecule has 0 bridgehead atoms. The summed E-state index contributed by atoms with van der Waals surface area (Å²) in [6.07, 6.45) is -25.4. The number of ether oxygens (including phenoxy) is 8. The first-order valence-electron chi connectivity index (χ1n) is 45.7. The van der Waals surface area contributed by atoms with Gasteiger partial charge in [-0.05, 0) is 63.6 Å². The van der Waals surface area contributed by atoms with Gasteiger partial charge in [-0.25, -0.2) is 71.7 Å². The van der Waals surface area contributed by atoms with Gasteiger partial charge >= 0.3 is 87.5 Å². The molecule has 8 fully saturated rings. The van der Waals surface area contributed by atoms with Gasteiger partial charge in [-0.1, -0.05) is 0 Å². The van der Waals surface area contributed by atoms with E-state index in [-0.39, 0.29) is 119 Å². The summed E-state index contributed by atoms with van der Waals surface area (Å²) >= 11 is 0. The number of nitrogens with zero attached hydrogens (tertiary/aromatic N) is 10. The molecule has 1 amide bonds. The minimum atomic E-state index is -5.56. The summed E-state index contributed by atoms with van der Waals surface area (Å²) in [5.41, 5.74) is 6.90. The number of nitrogens with one attached hydrogen (secondary N) is 1. The van der Waals surface area contributed by atoms with E-state index in [0.717, 1.165) is 6.33 Å². The summed E-state index contributed by atoms with van der Waals surface area (Å²) in [6.45, 7) is -1.79.